The molecule has 36 heavy (non-hydrogen) atoms. The molecule has 5 aromatic rings. The normalized spacial score (nSPS) is 21.0. The van der Waals surface area contributed by atoms with Gasteiger partial charge in [0.05, 0.1) is 24.2 Å². The molecule has 1 fully saturated rings. The number of likely N-dealkylation sites (tertiary alicyclic amines) is 1. The molecule has 3 atom stereocenters. The van der Waals surface area contributed by atoms with Gasteiger partial charge in [0.25, 0.3) is 0 Å². The topological polar surface area (TPSA) is 43.2 Å². The maximum Gasteiger partial charge on any atom is 0.212 e. The van der Waals surface area contributed by atoms with E-state index in [0.717, 1.165) is 36.3 Å². The molecule has 0 amide bonds. The summed E-state index contributed by atoms with van der Waals surface area (Å²) in [6, 6.07) is 32.7. The van der Waals surface area contributed by atoms with Gasteiger partial charge in [0.2, 0.25) is 5.88 Å². The fourth-order valence-corrected chi connectivity index (χ4v) is 6.23. The Morgan fingerprint density at radius 3 is 2.39 bits per heavy atom. The molecule has 0 saturated carbocycles. The lowest BCUT2D eigenvalue weighted by atomic mass is 9.88. The van der Waals surface area contributed by atoms with Crippen molar-refractivity contribution in [2.45, 2.75) is 18.5 Å². The molecule has 178 valence electrons. The van der Waals surface area contributed by atoms with E-state index in [9.17, 15) is 0 Å². The zero-order valence-electron chi connectivity index (χ0n) is 20.3. The molecular weight excluding hydrogens is 444 g/mol. The molecule has 5 nitrogen and oxygen atoms in total. The first-order chi connectivity index (χ1) is 17.8. The number of benzene rings is 3. The maximum absolute atomic E-state index is 5.25. The van der Waals surface area contributed by atoms with Crippen LogP contribution in [0.2, 0.25) is 0 Å². The van der Waals surface area contributed by atoms with Gasteiger partial charge in [0, 0.05) is 49.3 Å². The minimum atomic E-state index is 0.279. The zero-order valence-corrected chi connectivity index (χ0v) is 20.3. The van der Waals surface area contributed by atoms with E-state index in [0.29, 0.717) is 17.7 Å². The van der Waals surface area contributed by atoms with E-state index in [1.807, 2.05) is 12.3 Å². The Morgan fingerprint density at radius 1 is 0.861 bits per heavy atom. The van der Waals surface area contributed by atoms with E-state index >= 15 is 0 Å². The lowest BCUT2D eigenvalue weighted by Crippen LogP contribution is -2.24. The number of fused-ring (bicyclic) bond motifs is 5. The molecule has 0 spiro atoms. The molecule has 1 saturated heterocycles. The van der Waals surface area contributed by atoms with Crippen LogP contribution >= 0.6 is 0 Å². The van der Waals surface area contributed by atoms with Gasteiger partial charge in [0.15, 0.2) is 0 Å². The first-order valence-electron chi connectivity index (χ1n) is 12.6. The minimum Gasteiger partial charge on any atom is -0.481 e. The number of nitrogens with zero attached hydrogens (tertiary/aromatic N) is 4. The van der Waals surface area contributed by atoms with Crippen molar-refractivity contribution in [3.63, 3.8) is 0 Å². The smallest absolute Gasteiger partial charge is 0.212 e. The molecule has 0 N–H and O–H groups in total. The van der Waals surface area contributed by atoms with Gasteiger partial charge in [-0.25, -0.2) is 9.97 Å². The Kier molecular flexibility index (Phi) is 5.10. The number of rotatable bonds is 5. The molecule has 0 aliphatic carbocycles. The number of methoxy groups -OCH3 is 1. The third kappa shape index (κ3) is 3.50. The van der Waals surface area contributed by atoms with Crippen molar-refractivity contribution >= 4 is 11.0 Å². The fraction of sp³-hybridized carbons (Fsp3) is 0.226. The molecule has 3 aromatic carbocycles. The number of imidazole rings is 1. The summed E-state index contributed by atoms with van der Waals surface area (Å²) in [6.45, 7) is 3.11. The standard InChI is InChI=1S/C31H28N4O/c1-36-29-15-13-24(17-32-29)23-12-14-27-28(16-23)35-30(22-10-6-3-7-11-22)25-19-34(20-26(25)31(35)33-27)18-21-8-4-2-5-9-21/h2-17,25-26,30H,18-20H2,1H3. The maximum atomic E-state index is 5.25. The van der Waals surface area contributed by atoms with Gasteiger partial charge >= 0.3 is 0 Å². The van der Waals surface area contributed by atoms with Gasteiger partial charge in [-0.15, -0.1) is 0 Å². The molecule has 3 unspecified atom stereocenters. The quantitative estimate of drug-likeness (QED) is 0.318. The monoisotopic (exact) mass is 472 g/mol. The summed E-state index contributed by atoms with van der Waals surface area (Å²) in [5.41, 5.74) is 7.24. The SMILES string of the molecule is COc1ccc(-c2ccc3nc4n(c3c2)C(c2ccccc2)C2CN(Cc3ccccc3)CC42)cn1. The first-order valence-corrected chi connectivity index (χ1v) is 12.6. The predicted octanol–water partition coefficient (Wildman–Crippen LogP) is 5.93. The van der Waals surface area contributed by atoms with Gasteiger partial charge in [-0.05, 0) is 34.9 Å². The van der Waals surface area contributed by atoms with Crippen LogP contribution in [0.1, 0.15) is 28.9 Å². The molecule has 4 heterocycles. The second kappa shape index (κ2) is 8.61. The van der Waals surface area contributed by atoms with Crippen molar-refractivity contribution < 1.29 is 4.74 Å². The summed E-state index contributed by atoms with van der Waals surface area (Å²) in [6.07, 6.45) is 1.88. The highest BCUT2D eigenvalue weighted by molar-refractivity contribution is 5.83. The molecule has 7 rings (SSSR count). The Labute approximate surface area is 211 Å². The second-order valence-corrected chi connectivity index (χ2v) is 9.94. The summed E-state index contributed by atoms with van der Waals surface area (Å²) in [7, 11) is 1.64. The summed E-state index contributed by atoms with van der Waals surface area (Å²) in [5, 5.41) is 0. The number of hydrogen-bond donors (Lipinski definition) is 0. The van der Waals surface area contributed by atoms with Crippen molar-refractivity contribution in [2.75, 3.05) is 20.2 Å². The summed E-state index contributed by atoms with van der Waals surface area (Å²) in [4.78, 5) is 12.2. The molecule has 2 aliphatic heterocycles. The highest BCUT2D eigenvalue weighted by Gasteiger charge is 2.48. The van der Waals surface area contributed by atoms with Gasteiger partial charge < -0.3 is 9.30 Å². The van der Waals surface area contributed by atoms with Gasteiger partial charge in [0.1, 0.15) is 5.82 Å². The van der Waals surface area contributed by atoms with E-state index in [1.165, 1.54) is 22.5 Å². The van der Waals surface area contributed by atoms with E-state index in [4.69, 9.17) is 9.72 Å². The molecule has 0 radical (unpaired) electrons. The number of ether oxygens (including phenoxy) is 1. The minimum absolute atomic E-state index is 0.279. The Bertz CT molecular complexity index is 1510. The van der Waals surface area contributed by atoms with Gasteiger partial charge in [-0.3, -0.25) is 4.90 Å². The average Bonchev–Trinajstić information content (AvgIpc) is 3.59. The highest BCUT2D eigenvalue weighted by Crippen LogP contribution is 2.50. The molecule has 0 bridgehead atoms. The van der Waals surface area contributed by atoms with Gasteiger partial charge in [-0.2, -0.15) is 0 Å². The van der Waals surface area contributed by atoms with Crippen molar-refractivity contribution in [3.05, 3.63) is 114 Å². The van der Waals surface area contributed by atoms with Crippen LogP contribution in [-0.4, -0.2) is 39.6 Å². The number of aromatic nitrogens is 3. The predicted molar refractivity (Wildman–Crippen MR) is 142 cm³/mol. The van der Waals surface area contributed by atoms with E-state index in [2.05, 4.69) is 99.4 Å². The van der Waals surface area contributed by atoms with Crippen LogP contribution in [0.4, 0.5) is 0 Å². The molecular formula is C31H28N4O. The lowest BCUT2D eigenvalue weighted by Gasteiger charge is -2.24. The lowest BCUT2D eigenvalue weighted by molar-refractivity contribution is 0.298. The van der Waals surface area contributed by atoms with Crippen LogP contribution in [0.25, 0.3) is 22.2 Å². The summed E-state index contributed by atoms with van der Waals surface area (Å²) >= 11 is 0. The Morgan fingerprint density at radius 2 is 1.64 bits per heavy atom. The van der Waals surface area contributed by atoms with Crippen molar-refractivity contribution in [3.8, 4) is 17.0 Å². The first kappa shape index (κ1) is 21.3. The Balaban J connectivity index is 1.31. The average molecular weight is 473 g/mol. The molecule has 5 heteroatoms. The van der Waals surface area contributed by atoms with Crippen molar-refractivity contribution in [1.82, 2.24) is 19.4 Å². The number of hydrogen-bond acceptors (Lipinski definition) is 4. The van der Waals surface area contributed by atoms with Crippen LogP contribution in [0, 0.1) is 5.92 Å². The largest absolute Gasteiger partial charge is 0.481 e. The van der Waals surface area contributed by atoms with E-state index < -0.39 is 0 Å². The van der Waals surface area contributed by atoms with Crippen molar-refractivity contribution in [1.29, 1.82) is 0 Å². The van der Waals surface area contributed by atoms with Crippen molar-refractivity contribution in [2.24, 2.45) is 5.92 Å². The van der Waals surface area contributed by atoms with Gasteiger partial charge in [-0.1, -0.05) is 66.7 Å². The third-order valence-electron chi connectivity index (χ3n) is 7.84. The highest BCUT2D eigenvalue weighted by atomic mass is 16.5. The molecule has 2 aromatic heterocycles. The Hall–Kier alpha value is -3.96. The number of pyridine rings is 1. The van der Waals surface area contributed by atoms with E-state index in [-0.39, 0.29) is 6.04 Å². The third-order valence-corrected chi connectivity index (χ3v) is 7.84. The van der Waals surface area contributed by atoms with Crippen LogP contribution in [0.15, 0.2) is 97.2 Å². The zero-order chi connectivity index (χ0) is 24.1. The summed E-state index contributed by atoms with van der Waals surface area (Å²) < 4.78 is 7.77. The van der Waals surface area contributed by atoms with Crippen LogP contribution < -0.4 is 4.74 Å². The molecule has 2 aliphatic rings. The van der Waals surface area contributed by atoms with Crippen LogP contribution in [0.3, 0.4) is 0 Å². The summed E-state index contributed by atoms with van der Waals surface area (Å²) in [5.74, 6) is 2.79. The van der Waals surface area contributed by atoms with Crippen LogP contribution in [0.5, 0.6) is 5.88 Å². The second-order valence-electron chi connectivity index (χ2n) is 9.94. The van der Waals surface area contributed by atoms with E-state index in [1.54, 1.807) is 7.11 Å². The fourth-order valence-electron chi connectivity index (χ4n) is 6.23. The van der Waals surface area contributed by atoms with Crippen LogP contribution in [-0.2, 0) is 6.54 Å².